The highest BCUT2D eigenvalue weighted by Gasteiger charge is 2.39. The highest BCUT2D eigenvalue weighted by molar-refractivity contribution is 5.96. The zero-order valence-electron chi connectivity index (χ0n) is 40.3. The highest BCUT2D eigenvalue weighted by Crippen LogP contribution is 2.42. The third kappa shape index (κ3) is 10.4. The Balaban J connectivity index is 1.29. The number of rotatable bonds is 10. The second kappa shape index (κ2) is 20.4. The number of fused-ring (bicyclic) bond motifs is 6. The molecule has 358 valence electrons. The number of phenols is 1. The number of nitrogens with one attached hydrogen (secondary N) is 2. The molecule has 15 nitrogen and oxygen atoms in total. The number of phenolic OH excluding ortho intramolecular Hbond substituents is 1. The first-order valence-corrected chi connectivity index (χ1v) is 23.6. The molecule has 7 rings (SSSR count). The predicted molar refractivity (Wildman–Crippen MR) is 256 cm³/mol. The molecule has 0 aliphatic carbocycles. The molecule has 3 aliphatic heterocycles. The van der Waals surface area contributed by atoms with Crippen molar-refractivity contribution in [1.29, 1.82) is 0 Å². The maximum Gasteiger partial charge on any atom is 0.324 e. The van der Waals surface area contributed by atoms with Crippen LogP contribution in [-0.4, -0.2) is 118 Å². The Labute approximate surface area is 393 Å². The number of aromatic nitrogens is 2. The number of likely N-dealkylation sites (tertiary alicyclic amines) is 1. The van der Waals surface area contributed by atoms with Crippen molar-refractivity contribution >= 4 is 40.5 Å². The van der Waals surface area contributed by atoms with E-state index in [0.29, 0.717) is 57.3 Å². The van der Waals surface area contributed by atoms with Crippen LogP contribution in [0.2, 0.25) is 0 Å². The maximum atomic E-state index is 14.7. The van der Waals surface area contributed by atoms with Crippen molar-refractivity contribution in [2.75, 3.05) is 40.4 Å². The number of ether oxygens (including phenoxy) is 2. The van der Waals surface area contributed by atoms with E-state index in [9.17, 15) is 29.1 Å². The number of likely N-dealkylation sites (N-methyl/N-ethyl adjacent to an activating group) is 1. The summed E-state index contributed by atoms with van der Waals surface area (Å²) in [5.41, 5.74) is 9.56. The van der Waals surface area contributed by atoms with Crippen molar-refractivity contribution in [3.8, 4) is 28.1 Å². The van der Waals surface area contributed by atoms with Gasteiger partial charge >= 0.3 is 5.97 Å². The van der Waals surface area contributed by atoms with Gasteiger partial charge in [0.2, 0.25) is 17.7 Å². The lowest BCUT2D eigenvalue weighted by molar-refractivity contribution is -0.155. The first kappa shape index (κ1) is 48.9. The molecule has 3 N–H and O–H groups in total. The van der Waals surface area contributed by atoms with E-state index in [-0.39, 0.29) is 55.1 Å². The molecule has 2 aromatic heterocycles. The summed E-state index contributed by atoms with van der Waals surface area (Å²) in [6, 6.07) is 12.6. The Kier molecular flexibility index (Phi) is 14.9. The van der Waals surface area contributed by atoms with Crippen LogP contribution in [0.4, 0.5) is 0 Å². The first-order chi connectivity index (χ1) is 31.9. The number of benzene rings is 2. The van der Waals surface area contributed by atoms with Gasteiger partial charge in [0.25, 0.3) is 5.91 Å². The number of carbonyl (C=O) groups excluding carboxylic acids is 5. The second-order valence-corrected chi connectivity index (χ2v) is 19.5. The third-order valence-electron chi connectivity index (χ3n) is 13.7. The number of piperidine rings is 1. The summed E-state index contributed by atoms with van der Waals surface area (Å²) in [6.07, 6.45) is 5.16. The van der Waals surface area contributed by atoms with Gasteiger partial charge in [0.15, 0.2) is 0 Å². The van der Waals surface area contributed by atoms with Crippen LogP contribution < -0.4 is 10.7 Å². The Morgan fingerprint density at radius 3 is 2.49 bits per heavy atom. The lowest BCUT2D eigenvalue weighted by Crippen LogP contribution is -2.62. The summed E-state index contributed by atoms with van der Waals surface area (Å²) in [5, 5.41) is 16.7. The number of aromatic hydroxyl groups is 1. The molecule has 4 atom stereocenters. The number of methoxy groups -OCH3 is 1. The minimum atomic E-state index is -1.15. The van der Waals surface area contributed by atoms with Crippen molar-refractivity contribution in [1.82, 2.24) is 35.1 Å². The van der Waals surface area contributed by atoms with Crippen LogP contribution in [0, 0.1) is 17.3 Å². The number of esters is 1. The van der Waals surface area contributed by atoms with Crippen LogP contribution in [0.3, 0.4) is 0 Å². The van der Waals surface area contributed by atoms with Crippen LogP contribution in [0.5, 0.6) is 5.75 Å². The van der Waals surface area contributed by atoms with Crippen LogP contribution in [0.25, 0.3) is 33.3 Å². The SMILES string of the molecule is C=CC(=O)N1CCC(C(=O)N(C)[C@H](C(=O)N[C@H]2Cc3cc(O)cc(c3)-c3ccc4c(c3)c(c(-c3cccnc3[C@H](C)OC)n4CC)CC(C)(C)COC(=O)[C@@H]3CCCN(N3)C2=O)C(C)C)CC1. The Morgan fingerprint density at radius 2 is 1.81 bits per heavy atom. The van der Waals surface area contributed by atoms with Gasteiger partial charge in [0, 0.05) is 80.8 Å². The van der Waals surface area contributed by atoms with Crippen LogP contribution in [-0.2, 0) is 52.8 Å². The predicted octanol–water partition coefficient (Wildman–Crippen LogP) is 6.36. The molecule has 0 radical (unpaired) electrons. The van der Waals surface area contributed by atoms with Crippen molar-refractivity contribution in [2.24, 2.45) is 17.3 Å². The van der Waals surface area contributed by atoms with Crippen molar-refractivity contribution in [2.45, 2.75) is 111 Å². The van der Waals surface area contributed by atoms with Gasteiger partial charge in [0.1, 0.15) is 23.9 Å². The molecular formula is C52H67N7O8. The molecule has 2 fully saturated rings. The normalized spacial score (nSPS) is 20.2. The fourth-order valence-corrected chi connectivity index (χ4v) is 10.2. The molecule has 15 heteroatoms. The number of hydrogen-bond acceptors (Lipinski definition) is 10. The molecule has 0 unspecified atom stereocenters. The lowest BCUT2D eigenvalue weighted by atomic mass is 9.84. The fourth-order valence-electron chi connectivity index (χ4n) is 10.2. The largest absolute Gasteiger partial charge is 0.508 e. The number of amides is 4. The van der Waals surface area contributed by atoms with Crippen molar-refractivity contribution < 1.29 is 38.6 Å². The van der Waals surface area contributed by atoms with E-state index >= 15 is 0 Å². The van der Waals surface area contributed by atoms with Gasteiger partial charge in [-0.3, -0.25) is 34.0 Å². The summed E-state index contributed by atoms with van der Waals surface area (Å²) >= 11 is 0. The van der Waals surface area contributed by atoms with Gasteiger partial charge in [-0.05, 0) is 117 Å². The minimum Gasteiger partial charge on any atom is -0.508 e. The Bertz CT molecular complexity index is 2520. The highest BCUT2D eigenvalue weighted by atomic mass is 16.5. The molecule has 0 saturated carbocycles. The Morgan fingerprint density at radius 1 is 1.06 bits per heavy atom. The summed E-state index contributed by atoms with van der Waals surface area (Å²) in [4.78, 5) is 77.4. The van der Waals surface area contributed by atoms with Gasteiger partial charge < -0.3 is 34.3 Å². The summed E-state index contributed by atoms with van der Waals surface area (Å²) < 4.78 is 14.2. The summed E-state index contributed by atoms with van der Waals surface area (Å²) in [7, 11) is 3.28. The average molecular weight is 918 g/mol. The quantitative estimate of drug-likeness (QED) is 0.120. The van der Waals surface area contributed by atoms with Crippen LogP contribution >= 0.6 is 0 Å². The Hall–Kier alpha value is -6.06. The number of pyridine rings is 1. The summed E-state index contributed by atoms with van der Waals surface area (Å²) in [5.74, 6) is -2.56. The maximum absolute atomic E-state index is 14.7. The topological polar surface area (TPSA) is 176 Å². The van der Waals surface area contributed by atoms with Crippen LogP contribution in [0.15, 0.2) is 67.4 Å². The van der Waals surface area contributed by atoms with E-state index < -0.39 is 41.3 Å². The molecule has 3 aliphatic rings. The number of nitrogens with zero attached hydrogens (tertiary/aromatic N) is 5. The third-order valence-corrected chi connectivity index (χ3v) is 13.7. The molecule has 6 bridgehead atoms. The zero-order valence-corrected chi connectivity index (χ0v) is 40.3. The molecule has 2 aromatic carbocycles. The van der Waals surface area contributed by atoms with Gasteiger partial charge in [-0.25, -0.2) is 5.43 Å². The van der Waals surface area contributed by atoms with E-state index in [1.807, 2.05) is 39.0 Å². The van der Waals surface area contributed by atoms with E-state index in [4.69, 9.17) is 14.5 Å². The van der Waals surface area contributed by atoms with Gasteiger partial charge in [0.05, 0.1) is 24.1 Å². The van der Waals surface area contributed by atoms with Gasteiger partial charge in [-0.15, -0.1) is 0 Å². The zero-order chi connectivity index (χ0) is 48.3. The van der Waals surface area contributed by atoms with Crippen LogP contribution in [0.1, 0.15) is 90.2 Å². The van der Waals surface area contributed by atoms with E-state index in [1.54, 1.807) is 37.4 Å². The van der Waals surface area contributed by atoms with E-state index in [0.717, 1.165) is 44.5 Å². The van der Waals surface area contributed by atoms with Gasteiger partial charge in [-0.2, -0.15) is 0 Å². The lowest BCUT2D eigenvalue weighted by Gasteiger charge is -2.38. The van der Waals surface area contributed by atoms with Crippen molar-refractivity contribution in [3.05, 3.63) is 84.2 Å². The van der Waals surface area contributed by atoms with Crippen molar-refractivity contribution in [3.63, 3.8) is 0 Å². The number of hydrazine groups is 1. The molecule has 0 spiro atoms. The smallest absolute Gasteiger partial charge is 0.324 e. The fraction of sp³-hybridized carbons (Fsp3) is 0.500. The molecule has 2 saturated heterocycles. The van der Waals surface area contributed by atoms with Gasteiger partial charge in [-0.1, -0.05) is 46.4 Å². The molecule has 5 heterocycles. The standard InChI is InChI=1S/C52H67N7O8/c1-10-44(61)57-22-18-34(19-23-57)49(63)56(8)46(31(3)4)48(62)54-42-26-33-24-36(27-37(60)25-33)35-16-17-43-39(28-35)40(47(58(43)11-2)38-14-12-20-53-45(38)32(5)66-9)29-52(6,7)30-67-51(65)41-15-13-21-59(55-41)50(42)64/h10,12,14,16-17,20,24-25,27-28,31-32,34,41-42,46,55,60H,1,11,13,15,18-19,21-23,26,29-30H2,2-9H3,(H,54,62)/t32-,41-,42-,46-/m0/s1. The number of hydrogen-bond donors (Lipinski definition) is 3. The first-order valence-electron chi connectivity index (χ1n) is 23.6. The minimum absolute atomic E-state index is 0.00293. The van der Waals surface area contributed by atoms with E-state index in [1.165, 1.54) is 16.0 Å². The molecule has 67 heavy (non-hydrogen) atoms. The summed E-state index contributed by atoms with van der Waals surface area (Å²) in [6.45, 7) is 17.4. The molecule has 4 aromatic rings. The molecule has 4 amide bonds. The van der Waals surface area contributed by atoms with E-state index in [2.05, 4.69) is 60.9 Å². The monoisotopic (exact) mass is 918 g/mol. The number of aryl methyl sites for hydroxylation is 1. The number of cyclic esters (lactones) is 1. The average Bonchev–Trinajstić information content (AvgIpc) is 3.62. The second-order valence-electron chi connectivity index (χ2n) is 19.5. The molecular weight excluding hydrogens is 851 g/mol. The number of carbonyl (C=O) groups is 5.